The Balaban J connectivity index is 1.74. The highest BCUT2D eigenvalue weighted by Gasteiger charge is 2.60. The molecule has 1 saturated heterocycles. The predicted molar refractivity (Wildman–Crippen MR) is 60.5 cm³/mol. The molecule has 3 atom stereocenters. The number of aliphatic hydroxyl groups excluding tert-OH is 1. The van der Waals surface area contributed by atoms with Crippen LogP contribution in [0.15, 0.2) is 0 Å². The molecule has 1 N–H and O–H groups in total. The fraction of sp³-hybridized carbons (Fsp3) is 1.00. The van der Waals surface area contributed by atoms with E-state index in [2.05, 4.69) is 6.92 Å². The van der Waals surface area contributed by atoms with Crippen molar-refractivity contribution in [2.45, 2.75) is 76.6 Å². The van der Waals surface area contributed by atoms with E-state index in [9.17, 15) is 5.11 Å². The lowest BCUT2D eigenvalue weighted by atomic mass is 9.76. The summed E-state index contributed by atoms with van der Waals surface area (Å²) in [5.74, 6) is 0.637. The van der Waals surface area contributed by atoms with Gasteiger partial charge < -0.3 is 9.84 Å². The van der Waals surface area contributed by atoms with Crippen LogP contribution in [0.3, 0.4) is 0 Å². The van der Waals surface area contributed by atoms with Crippen LogP contribution in [0.2, 0.25) is 0 Å². The molecule has 0 aromatic carbocycles. The Kier molecular flexibility index (Phi) is 3.68. The van der Waals surface area contributed by atoms with Crippen molar-refractivity contribution in [3.05, 3.63) is 0 Å². The van der Waals surface area contributed by atoms with E-state index in [1.165, 1.54) is 51.4 Å². The van der Waals surface area contributed by atoms with Crippen LogP contribution < -0.4 is 0 Å². The standard InChI is InChI=1S/C13H24O2/c1-2-3-4-5-8-11-9-6-7-10-13(11)12(14)15-13/h11-12,14H,2-10H2,1H3. The minimum absolute atomic E-state index is 0.0928. The molecule has 1 heterocycles. The molecule has 2 aliphatic rings. The van der Waals surface area contributed by atoms with Crippen molar-refractivity contribution in [1.82, 2.24) is 0 Å². The van der Waals surface area contributed by atoms with E-state index in [0.29, 0.717) is 5.92 Å². The Labute approximate surface area is 93.0 Å². The van der Waals surface area contributed by atoms with Crippen molar-refractivity contribution in [3.63, 3.8) is 0 Å². The molecule has 1 spiro atoms. The summed E-state index contributed by atoms with van der Waals surface area (Å²) in [7, 11) is 0. The van der Waals surface area contributed by atoms with Crippen LogP contribution in [0, 0.1) is 5.92 Å². The highest BCUT2D eigenvalue weighted by atomic mass is 16.7. The third-order valence-corrected chi connectivity index (χ3v) is 4.16. The fourth-order valence-corrected chi connectivity index (χ4v) is 3.10. The van der Waals surface area contributed by atoms with Gasteiger partial charge in [-0.2, -0.15) is 0 Å². The van der Waals surface area contributed by atoms with Crippen molar-refractivity contribution in [2.24, 2.45) is 5.92 Å². The summed E-state index contributed by atoms with van der Waals surface area (Å²) in [4.78, 5) is 0. The normalized spacial score (nSPS) is 39.6. The number of epoxide rings is 1. The maximum atomic E-state index is 9.59. The van der Waals surface area contributed by atoms with E-state index in [4.69, 9.17) is 4.74 Å². The molecule has 0 radical (unpaired) electrons. The Hall–Kier alpha value is -0.0800. The van der Waals surface area contributed by atoms with Crippen LogP contribution >= 0.6 is 0 Å². The van der Waals surface area contributed by atoms with Gasteiger partial charge in [-0.25, -0.2) is 0 Å². The van der Waals surface area contributed by atoms with Gasteiger partial charge in [0.2, 0.25) is 0 Å². The predicted octanol–water partition coefficient (Wildman–Crippen LogP) is 3.23. The van der Waals surface area contributed by atoms with Crippen LogP contribution in [0.1, 0.15) is 64.7 Å². The number of rotatable bonds is 5. The zero-order chi connectivity index (χ0) is 10.7. The second-order valence-electron chi connectivity index (χ2n) is 5.22. The molecule has 0 aromatic rings. The lowest BCUT2D eigenvalue weighted by Gasteiger charge is -2.28. The van der Waals surface area contributed by atoms with Crippen molar-refractivity contribution < 1.29 is 9.84 Å². The minimum Gasteiger partial charge on any atom is -0.366 e. The molecule has 15 heavy (non-hydrogen) atoms. The maximum Gasteiger partial charge on any atom is 0.185 e. The fourth-order valence-electron chi connectivity index (χ4n) is 3.10. The third-order valence-electron chi connectivity index (χ3n) is 4.16. The van der Waals surface area contributed by atoms with E-state index >= 15 is 0 Å². The molecular formula is C13H24O2. The number of hydrogen-bond donors (Lipinski definition) is 1. The summed E-state index contributed by atoms with van der Waals surface area (Å²) in [5, 5.41) is 9.59. The summed E-state index contributed by atoms with van der Waals surface area (Å²) in [5.41, 5.74) is -0.0928. The van der Waals surface area contributed by atoms with Gasteiger partial charge in [0.25, 0.3) is 0 Å². The third kappa shape index (κ3) is 2.36. The van der Waals surface area contributed by atoms with Crippen LogP contribution in [0.5, 0.6) is 0 Å². The molecule has 2 rings (SSSR count). The average molecular weight is 212 g/mol. The van der Waals surface area contributed by atoms with Crippen LogP contribution in [0.25, 0.3) is 0 Å². The Morgan fingerprint density at radius 2 is 2.07 bits per heavy atom. The summed E-state index contributed by atoms with van der Waals surface area (Å²) >= 11 is 0. The molecule has 1 aliphatic heterocycles. The van der Waals surface area contributed by atoms with Gasteiger partial charge in [-0.3, -0.25) is 0 Å². The van der Waals surface area contributed by atoms with Gasteiger partial charge >= 0.3 is 0 Å². The van der Waals surface area contributed by atoms with Crippen molar-refractivity contribution in [3.8, 4) is 0 Å². The van der Waals surface area contributed by atoms with Gasteiger partial charge in [0.15, 0.2) is 6.29 Å². The lowest BCUT2D eigenvalue weighted by Crippen LogP contribution is -2.30. The molecule has 0 aromatic heterocycles. The Morgan fingerprint density at radius 3 is 2.73 bits per heavy atom. The molecule has 0 bridgehead atoms. The molecular weight excluding hydrogens is 188 g/mol. The van der Waals surface area contributed by atoms with Gasteiger partial charge in [-0.1, -0.05) is 45.4 Å². The zero-order valence-corrected chi connectivity index (χ0v) is 9.87. The van der Waals surface area contributed by atoms with E-state index < -0.39 is 6.29 Å². The van der Waals surface area contributed by atoms with E-state index in [1.807, 2.05) is 0 Å². The van der Waals surface area contributed by atoms with Gasteiger partial charge in [-0.15, -0.1) is 0 Å². The van der Waals surface area contributed by atoms with E-state index in [-0.39, 0.29) is 5.60 Å². The summed E-state index contributed by atoms with van der Waals surface area (Å²) in [6.45, 7) is 2.25. The molecule has 88 valence electrons. The lowest BCUT2D eigenvalue weighted by molar-refractivity contribution is 0.139. The summed E-state index contributed by atoms with van der Waals surface area (Å²) < 4.78 is 5.47. The first-order valence-corrected chi connectivity index (χ1v) is 6.65. The molecule has 2 nitrogen and oxygen atoms in total. The maximum absolute atomic E-state index is 9.59. The minimum atomic E-state index is -0.436. The average Bonchev–Trinajstić information content (AvgIpc) is 2.87. The van der Waals surface area contributed by atoms with Crippen LogP contribution in [-0.4, -0.2) is 17.0 Å². The number of ether oxygens (including phenoxy) is 1. The Morgan fingerprint density at radius 1 is 1.27 bits per heavy atom. The highest BCUT2D eigenvalue weighted by Crippen LogP contribution is 2.52. The van der Waals surface area contributed by atoms with E-state index in [1.54, 1.807) is 0 Å². The number of hydrogen-bond acceptors (Lipinski definition) is 2. The number of unbranched alkanes of at least 4 members (excludes halogenated alkanes) is 3. The van der Waals surface area contributed by atoms with Crippen molar-refractivity contribution in [1.29, 1.82) is 0 Å². The molecule has 2 fully saturated rings. The molecule has 0 amide bonds. The highest BCUT2D eigenvalue weighted by molar-refractivity contribution is 5.03. The monoisotopic (exact) mass is 212 g/mol. The first-order chi connectivity index (χ1) is 7.29. The molecule has 2 heteroatoms. The van der Waals surface area contributed by atoms with Gasteiger partial charge in [0.1, 0.15) is 5.60 Å². The second-order valence-corrected chi connectivity index (χ2v) is 5.22. The first kappa shape index (κ1) is 11.4. The van der Waals surface area contributed by atoms with E-state index in [0.717, 1.165) is 6.42 Å². The molecule has 1 aliphatic carbocycles. The van der Waals surface area contributed by atoms with Gasteiger partial charge in [0, 0.05) is 0 Å². The van der Waals surface area contributed by atoms with Gasteiger partial charge in [0.05, 0.1) is 0 Å². The van der Waals surface area contributed by atoms with Gasteiger partial charge in [-0.05, 0) is 25.2 Å². The Bertz CT molecular complexity index is 205. The number of aliphatic hydroxyl groups is 1. The SMILES string of the molecule is CCCCCCC1CCCCC12OC2O. The molecule has 1 saturated carbocycles. The summed E-state index contributed by atoms with van der Waals surface area (Å²) in [6, 6.07) is 0. The second kappa shape index (κ2) is 4.84. The quantitative estimate of drug-likeness (QED) is 0.560. The van der Waals surface area contributed by atoms with Crippen LogP contribution in [-0.2, 0) is 4.74 Å². The van der Waals surface area contributed by atoms with Crippen molar-refractivity contribution in [2.75, 3.05) is 0 Å². The van der Waals surface area contributed by atoms with Crippen molar-refractivity contribution >= 4 is 0 Å². The zero-order valence-electron chi connectivity index (χ0n) is 9.87. The largest absolute Gasteiger partial charge is 0.366 e. The smallest absolute Gasteiger partial charge is 0.185 e. The summed E-state index contributed by atoms with van der Waals surface area (Å²) in [6.07, 6.45) is 11.1. The van der Waals surface area contributed by atoms with Crippen LogP contribution in [0.4, 0.5) is 0 Å². The molecule has 3 unspecified atom stereocenters. The topological polar surface area (TPSA) is 32.8 Å². The first-order valence-electron chi connectivity index (χ1n) is 6.65.